The maximum absolute atomic E-state index is 11.5. The summed E-state index contributed by atoms with van der Waals surface area (Å²) in [6.45, 7) is 11.1. The molecule has 2 rings (SSSR count). The minimum absolute atomic E-state index is 0.126. The third-order valence-electron chi connectivity index (χ3n) is 5.24. The molecule has 25 heavy (non-hydrogen) atoms. The summed E-state index contributed by atoms with van der Waals surface area (Å²) in [4.78, 5) is 11.5. The average Bonchev–Trinajstić information content (AvgIpc) is 2.51. The van der Waals surface area contributed by atoms with Gasteiger partial charge in [0.25, 0.3) is 0 Å². The first kappa shape index (κ1) is 19.8. The fraction of sp³-hybridized carbons (Fsp3) is 0.682. The number of carboxylic acid groups (broad SMARTS) is 1. The van der Waals surface area contributed by atoms with Crippen LogP contribution in [0.15, 0.2) is 12.1 Å². The van der Waals surface area contributed by atoms with Crippen molar-refractivity contribution in [3.8, 4) is 5.75 Å². The summed E-state index contributed by atoms with van der Waals surface area (Å²) in [7, 11) is 0. The van der Waals surface area contributed by atoms with Crippen molar-refractivity contribution in [2.75, 3.05) is 0 Å². The predicted molar refractivity (Wildman–Crippen MR) is 103 cm³/mol. The van der Waals surface area contributed by atoms with Gasteiger partial charge in [-0.05, 0) is 80.5 Å². The molecule has 0 aliphatic carbocycles. The molecule has 1 aromatic rings. The van der Waals surface area contributed by atoms with Crippen LogP contribution in [0.2, 0.25) is 0 Å². The van der Waals surface area contributed by atoms with E-state index in [1.54, 1.807) is 0 Å². The van der Waals surface area contributed by atoms with Crippen molar-refractivity contribution >= 4 is 5.97 Å². The maximum Gasteiger partial charge on any atom is 0.335 e. The van der Waals surface area contributed by atoms with Gasteiger partial charge in [-0.3, -0.25) is 0 Å². The fourth-order valence-corrected chi connectivity index (χ4v) is 3.58. The van der Waals surface area contributed by atoms with Crippen molar-refractivity contribution in [2.45, 2.75) is 85.2 Å². The molecule has 0 radical (unpaired) electrons. The van der Waals surface area contributed by atoms with Gasteiger partial charge in [0.15, 0.2) is 0 Å². The Bertz CT molecular complexity index is 604. The van der Waals surface area contributed by atoms with E-state index in [0.717, 1.165) is 54.9 Å². The van der Waals surface area contributed by atoms with E-state index in [9.17, 15) is 9.90 Å². The van der Waals surface area contributed by atoms with Crippen LogP contribution in [0.1, 0.15) is 88.2 Å². The average molecular weight is 347 g/mol. The van der Waals surface area contributed by atoms with Crippen LogP contribution < -0.4 is 4.74 Å². The summed E-state index contributed by atoms with van der Waals surface area (Å²) in [5.41, 5.74) is 2.40. The molecule has 0 spiro atoms. The van der Waals surface area contributed by atoms with E-state index >= 15 is 0 Å². The Hall–Kier alpha value is -1.51. The van der Waals surface area contributed by atoms with Crippen molar-refractivity contribution in [1.29, 1.82) is 0 Å². The van der Waals surface area contributed by atoms with Crippen molar-refractivity contribution < 1.29 is 14.6 Å². The van der Waals surface area contributed by atoms with Gasteiger partial charge in [0.2, 0.25) is 0 Å². The molecule has 3 heteroatoms. The number of aromatic carboxylic acids is 1. The van der Waals surface area contributed by atoms with Crippen molar-refractivity contribution in [3.63, 3.8) is 0 Å². The Kier molecular flexibility index (Phi) is 6.53. The van der Waals surface area contributed by atoms with Gasteiger partial charge in [-0.2, -0.15) is 0 Å². The summed E-state index contributed by atoms with van der Waals surface area (Å²) < 4.78 is 6.51. The highest BCUT2D eigenvalue weighted by molar-refractivity contribution is 5.88. The topological polar surface area (TPSA) is 46.5 Å². The number of hydrogen-bond acceptors (Lipinski definition) is 2. The van der Waals surface area contributed by atoms with E-state index in [4.69, 9.17) is 4.74 Å². The summed E-state index contributed by atoms with van der Waals surface area (Å²) in [6, 6.07) is 3.63. The van der Waals surface area contributed by atoms with E-state index in [-0.39, 0.29) is 5.60 Å². The zero-order valence-electron chi connectivity index (χ0n) is 16.5. The Balaban J connectivity index is 2.24. The lowest BCUT2D eigenvalue weighted by Crippen LogP contribution is -2.37. The lowest BCUT2D eigenvalue weighted by atomic mass is 9.85. The van der Waals surface area contributed by atoms with E-state index in [0.29, 0.717) is 11.5 Å². The number of carboxylic acids is 1. The summed E-state index contributed by atoms with van der Waals surface area (Å²) >= 11 is 0. The molecule has 1 aromatic carbocycles. The van der Waals surface area contributed by atoms with Crippen LogP contribution in [0, 0.1) is 11.8 Å². The molecule has 0 fully saturated rings. The van der Waals surface area contributed by atoms with Crippen LogP contribution in [0.4, 0.5) is 0 Å². The fourth-order valence-electron chi connectivity index (χ4n) is 3.58. The molecule has 0 saturated carbocycles. The molecule has 1 atom stereocenters. The molecule has 3 nitrogen and oxygen atoms in total. The highest BCUT2D eigenvalue weighted by Gasteiger charge is 2.33. The van der Waals surface area contributed by atoms with Gasteiger partial charge in [-0.25, -0.2) is 4.79 Å². The largest absolute Gasteiger partial charge is 0.487 e. The third kappa shape index (κ3) is 5.49. The van der Waals surface area contributed by atoms with Crippen LogP contribution in [0.5, 0.6) is 5.75 Å². The van der Waals surface area contributed by atoms with E-state index in [1.807, 2.05) is 12.1 Å². The van der Waals surface area contributed by atoms with E-state index in [1.165, 1.54) is 12.8 Å². The lowest BCUT2D eigenvalue weighted by Gasteiger charge is -2.37. The molecule has 1 unspecified atom stereocenters. The molecule has 1 aliphatic heterocycles. The van der Waals surface area contributed by atoms with Gasteiger partial charge < -0.3 is 9.84 Å². The molecule has 0 amide bonds. The normalized spacial score (nSPS) is 19.8. The summed E-state index contributed by atoms with van der Waals surface area (Å²) in [5, 5.41) is 9.42. The second-order valence-electron chi connectivity index (χ2n) is 8.70. The van der Waals surface area contributed by atoms with Gasteiger partial charge in [0, 0.05) is 0 Å². The SMILES string of the molecule is CC(C)CCCC1(C)CCc2cc(C(=O)O)cc(CCC(C)C)c2O1. The molecule has 1 N–H and O–H groups in total. The predicted octanol–water partition coefficient (Wildman–Crippen LogP) is 5.88. The molecular weight excluding hydrogens is 312 g/mol. The quantitative estimate of drug-likeness (QED) is 0.639. The summed E-state index contributed by atoms with van der Waals surface area (Å²) in [5.74, 6) is 1.42. The monoisotopic (exact) mass is 346 g/mol. The molecule has 0 bridgehead atoms. The lowest BCUT2D eigenvalue weighted by molar-refractivity contribution is 0.0514. The summed E-state index contributed by atoms with van der Waals surface area (Å²) in [6.07, 6.45) is 7.26. The Morgan fingerprint density at radius 3 is 2.48 bits per heavy atom. The Labute approximate surface area is 152 Å². The first-order valence-corrected chi connectivity index (χ1v) is 9.78. The van der Waals surface area contributed by atoms with E-state index < -0.39 is 5.97 Å². The zero-order chi connectivity index (χ0) is 18.6. The Morgan fingerprint density at radius 2 is 1.88 bits per heavy atom. The number of hydrogen-bond donors (Lipinski definition) is 1. The molecule has 1 heterocycles. The number of ether oxygens (including phenoxy) is 1. The highest BCUT2D eigenvalue weighted by Crippen LogP contribution is 2.40. The van der Waals surface area contributed by atoms with Crippen LogP contribution >= 0.6 is 0 Å². The number of fused-ring (bicyclic) bond motifs is 1. The molecule has 140 valence electrons. The number of aryl methyl sites for hydroxylation is 2. The van der Waals surface area contributed by atoms with Gasteiger partial charge in [-0.15, -0.1) is 0 Å². The van der Waals surface area contributed by atoms with E-state index in [2.05, 4.69) is 34.6 Å². The van der Waals surface area contributed by atoms with Crippen LogP contribution in [-0.4, -0.2) is 16.7 Å². The second kappa shape index (κ2) is 8.25. The maximum atomic E-state index is 11.5. The number of carbonyl (C=O) groups is 1. The molecule has 0 saturated heterocycles. The zero-order valence-corrected chi connectivity index (χ0v) is 16.5. The second-order valence-corrected chi connectivity index (χ2v) is 8.70. The van der Waals surface area contributed by atoms with Crippen LogP contribution in [-0.2, 0) is 12.8 Å². The van der Waals surface area contributed by atoms with Gasteiger partial charge in [-0.1, -0.05) is 34.1 Å². The van der Waals surface area contributed by atoms with Gasteiger partial charge >= 0.3 is 5.97 Å². The minimum atomic E-state index is -0.848. The van der Waals surface area contributed by atoms with Crippen LogP contribution in [0.25, 0.3) is 0 Å². The van der Waals surface area contributed by atoms with Gasteiger partial charge in [0.05, 0.1) is 5.56 Å². The van der Waals surface area contributed by atoms with Gasteiger partial charge in [0.1, 0.15) is 11.4 Å². The van der Waals surface area contributed by atoms with Crippen LogP contribution in [0.3, 0.4) is 0 Å². The molecule has 1 aliphatic rings. The number of rotatable bonds is 8. The van der Waals surface area contributed by atoms with Crippen molar-refractivity contribution in [3.05, 3.63) is 28.8 Å². The standard InChI is InChI=1S/C22H34O3/c1-15(2)7-6-11-22(5)12-10-18-14-19(21(23)24)13-17(20(18)25-22)9-8-16(3)4/h13-16H,6-12H2,1-5H3,(H,23,24). The first-order chi connectivity index (χ1) is 11.7. The molecular formula is C22H34O3. The van der Waals surface area contributed by atoms with Crippen molar-refractivity contribution in [1.82, 2.24) is 0 Å². The van der Waals surface area contributed by atoms with Crippen molar-refractivity contribution in [2.24, 2.45) is 11.8 Å². The minimum Gasteiger partial charge on any atom is -0.487 e. The number of benzene rings is 1. The first-order valence-electron chi connectivity index (χ1n) is 9.78. The Morgan fingerprint density at radius 1 is 1.20 bits per heavy atom. The highest BCUT2D eigenvalue weighted by atomic mass is 16.5. The smallest absolute Gasteiger partial charge is 0.335 e. The third-order valence-corrected chi connectivity index (χ3v) is 5.24. The molecule has 0 aromatic heterocycles.